The number of hydrogen-bond acceptors (Lipinski definition) is 9. The second-order valence-electron chi connectivity index (χ2n) is 10.4. The van der Waals surface area contributed by atoms with Crippen molar-refractivity contribution in [2.75, 3.05) is 29.6 Å². The van der Waals surface area contributed by atoms with Crippen LogP contribution in [0.15, 0.2) is 41.3 Å². The molecular formula is C27H30ClFN8O4S. The van der Waals surface area contributed by atoms with Gasteiger partial charge in [-0.2, -0.15) is 5.10 Å². The summed E-state index contributed by atoms with van der Waals surface area (Å²) in [6.45, 7) is 3.03. The molecule has 0 bridgehead atoms. The van der Waals surface area contributed by atoms with Gasteiger partial charge in [0, 0.05) is 44.9 Å². The van der Waals surface area contributed by atoms with Crippen LogP contribution in [0.25, 0.3) is 10.9 Å². The smallest absolute Gasteiger partial charge is 0.285 e. The number of sulfonamides is 1. The molecule has 5 rings (SSSR count). The fourth-order valence-corrected chi connectivity index (χ4v) is 5.83. The number of aryl methyl sites for hydroxylation is 1. The second kappa shape index (κ2) is 11.3. The molecule has 0 radical (unpaired) electrons. The largest absolute Gasteiger partial charge is 0.377 e. The summed E-state index contributed by atoms with van der Waals surface area (Å²) in [5.41, 5.74) is 1.22. The van der Waals surface area contributed by atoms with Crippen molar-refractivity contribution in [2.45, 2.75) is 31.7 Å². The monoisotopic (exact) mass is 616 g/mol. The summed E-state index contributed by atoms with van der Waals surface area (Å²) >= 11 is 5.98. The average molecular weight is 617 g/mol. The minimum atomic E-state index is -3.88. The molecule has 1 saturated heterocycles. The van der Waals surface area contributed by atoms with Gasteiger partial charge >= 0.3 is 0 Å². The molecule has 1 aliphatic heterocycles. The van der Waals surface area contributed by atoms with E-state index in [2.05, 4.69) is 15.4 Å². The number of piperidine rings is 1. The van der Waals surface area contributed by atoms with E-state index in [1.165, 1.54) is 22.8 Å². The summed E-state index contributed by atoms with van der Waals surface area (Å²) in [5.74, 6) is -0.843. The van der Waals surface area contributed by atoms with Gasteiger partial charge in [-0.1, -0.05) is 11.6 Å². The Kier molecular flexibility index (Phi) is 7.94. The van der Waals surface area contributed by atoms with Crippen molar-refractivity contribution >= 4 is 50.1 Å². The number of halogens is 2. The lowest BCUT2D eigenvalue weighted by Gasteiger charge is -2.33. The molecule has 1 aromatic carbocycles. The number of nitrogens with zero attached hydrogens (tertiary/aromatic N) is 6. The highest BCUT2D eigenvalue weighted by molar-refractivity contribution is 7.89. The van der Waals surface area contributed by atoms with E-state index in [4.69, 9.17) is 16.6 Å². The van der Waals surface area contributed by atoms with Crippen LogP contribution in [0.3, 0.4) is 0 Å². The van der Waals surface area contributed by atoms with Crippen molar-refractivity contribution in [1.82, 2.24) is 29.0 Å². The maximum atomic E-state index is 14.8. The van der Waals surface area contributed by atoms with Gasteiger partial charge in [-0.3, -0.25) is 18.8 Å². The predicted molar refractivity (Wildman–Crippen MR) is 158 cm³/mol. The molecule has 15 heteroatoms. The molecule has 1 atom stereocenters. The van der Waals surface area contributed by atoms with Crippen molar-refractivity contribution in [3.63, 3.8) is 0 Å². The van der Waals surface area contributed by atoms with E-state index in [9.17, 15) is 22.4 Å². The SMILES string of the molecule is C[C@@H](Nc1ccc(Cl)nc1C(=O)NS(C)(=O)=O)c1cc(F)cc2c(=O)n(C)c(N3CCC(c4ccn(C)n4)CC3)nc12. The molecule has 0 aliphatic carbocycles. The summed E-state index contributed by atoms with van der Waals surface area (Å²) in [7, 11) is -0.370. The van der Waals surface area contributed by atoms with Crippen molar-refractivity contribution in [2.24, 2.45) is 14.1 Å². The summed E-state index contributed by atoms with van der Waals surface area (Å²) in [6, 6.07) is 6.67. The number of carbonyl (C=O) groups is 1. The van der Waals surface area contributed by atoms with Gasteiger partial charge < -0.3 is 10.2 Å². The molecule has 4 heterocycles. The van der Waals surface area contributed by atoms with Gasteiger partial charge in [0.05, 0.1) is 34.6 Å². The van der Waals surface area contributed by atoms with Crippen LogP contribution in [-0.2, 0) is 24.1 Å². The first-order valence-electron chi connectivity index (χ1n) is 13.2. The number of pyridine rings is 1. The van der Waals surface area contributed by atoms with E-state index in [0.29, 0.717) is 36.0 Å². The topological polar surface area (TPSA) is 144 Å². The molecule has 2 N–H and O–H groups in total. The standard InChI is InChI=1S/C27H30ClFN8O4S/c1-15(30-21-5-6-22(28)31-24(21)25(38)34-42(4,40)41)18-13-17(29)14-19-23(18)32-27(36(3)26(19)39)37-11-7-16(8-12-37)20-9-10-35(2)33-20/h5-6,9-10,13-16,30H,7-8,11-12H2,1-4H3,(H,34,38)/t15-/m1/s1. The molecule has 42 heavy (non-hydrogen) atoms. The molecule has 3 aromatic heterocycles. The van der Waals surface area contributed by atoms with E-state index in [0.717, 1.165) is 30.9 Å². The molecule has 0 saturated carbocycles. The van der Waals surface area contributed by atoms with E-state index >= 15 is 0 Å². The maximum Gasteiger partial charge on any atom is 0.285 e. The number of anilines is 2. The van der Waals surface area contributed by atoms with Gasteiger partial charge in [-0.05, 0) is 50.1 Å². The zero-order chi connectivity index (χ0) is 30.3. The van der Waals surface area contributed by atoms with E-state index in [1.807, 2.05) is 28.9 Å². The molecule has 0 spiro atoms. The number of aromatic nitrogens is 5. The highest BCUT2D eigenvalue weighted by Gasteiger charge is 2.27. The molecule has 12 nitrogen and oxygen atoms in total. The first-order valence-corrected chi connectivity index (χ1v) is 15.5. The number of fused-ring (bicyclic) bond motifs is 1. The van der Waals surface area contributed by atoms with E-state index in [-0.39, 0.29) is 21.9 Å². The van der Waals surface area contributed by atoms with Crippen LogP contribution in [0, 0.1) is 5.82 Å². The minimum Gasteiger partial charge on any atom is -0.377 e. The van der Waals surface area contributed by atoms with Crippen molar-refractivity contribution in [3.05, 3.63) is 74.8 Å². The lowest BCUT2D eigenvalue weighted by Crippen LogP contribution is -2.38. The third-order valence-electron chi connectivity index (χ3n) is 7.27. The maximum absolute atomic E-state index is 14.8. The fraction of sp³-hybridized carbons (Fsp3) is 0.370. The molecule has 1 aliphatic rings. The summed E-state index contributed by atoms with van der Waals surface area (Å²) < 4.78 is 43.2. The number of hydrogen-bond donors (Lipinski definition) is 2. The lowest BCUT2D eigenvalue weighted by molar-refractivity contribution is 0.0977. The van der Waals surface area contributed by atoms with E-state index in [1.54, 1.807) is 18.7 Å². The number of amides is 1. The average Bonchev–Trinajstić information content (AvgIpc) is 3.37. The quantitative estimate of drug-likeness (QED) is 0.299. The van der Waals surface area contributed by atoms with Crippen LogP contribution in [0.2, 0.25) is 5.15 Å². The van der Waals surface area contributed by atoms with Crippen molar-refractivity contribution in [3.8, 4) is 0 Å². The van der Waals surface area contributed by atoms with E-state index < -0.39 is 33.3 Å². The number of benzene rings is 1. The number of rotatable bonds is 7. The van der Waals surface area contributed by atoms with Gasteiger partial charge in [0.15, 0.2) is 5.69 Å². The van der Waals surface area contributed by atoms with Crippen LogP contribution < -0.4 is 20.5 Å². The first kappa shape index (κ1) is 29.5. The summed E-state index contributed by atoms with van der Waals surface area (Å²) in [6.07, 6.45) is 4.43. The molecule has 1 fully saturated rings. The zero-order valence-corrected chi connectivity index (χ0v) is 25.0. The third-order valence-corrected chi connectivity index (χ3v) is 8.04. The Morgan fingerprint density at radius 2 is 1.86 bits per heavy atom. The van der Waals surface area contributed by atoms with Crippen molar-refractivity contribution < 1.29 is 17.6 Å². The highest BCUT2D eigenvalue weighted by Crippen LogP contribution is 2.31. The van der Waals surface area contributed by atoms with Gasteiger partial charge in [0.25, 0.3) is 11.5 Å². The van der Waals surface area contributed by atoms with Gasteiger partial charge in [0.2, 0.25) is 16.0 Å². The number of carbonyl (C=O) groups excluding carboxylic acids is 1. The predicted octanol–water partition coefficient (Wildman–Crippen LogP) is 3.10. The molecule has 1 amide bonds. The Labute approximate surface area is 246 Å². The minimum absolute atomic E-state index is 0.0234. The Bertz CT molecular complexity index is 1850. The fourth-order valence-electron chi connectivity index (χ4n) is 5.25. The Morgan fingerprint density at radius 3 is 2.50 bits per heavy atom. The zero-order valence-electron chi connectivity index (χ0n) is 23.4. The Balaban J connectivity index is 1.49. The molecule has 222 valence electrons. The Morgan fingerprint density at radius 1 is 1.14 bits per heavy atom. The highest BCUT2D eigenvalue weighted by atomic mass is 35.5. The second-order valence-corrected chi connectivity index (χ2v) is 12.6. The lowest BCUT2D eigenvalue weighted by atomic mass is 9.94. The van der Waals surface area contributed by atoms with Gasteiger partial charge in [-0.25, -0.2) is 27.5 Å². The summed E-state index contributed by atoms with van der Waals surface area (Å²) in [4.78, 5) is 37.0. The molecular weight excluding hydrogens is 587 g/mol. The normalized spacial score (nSPS) is 15.1. The first-order chi connectivity index (χ1) is 19.8. The van der Waals surface area contributed by atoms with Gasteiger partial charge in [0.1, 0.15) is 11.0 Å². The van der Waals surface area contributed by atoms with Crippen molar-refractivity contribution in [1.29, 1.82) is 0 Å². The molecule has 0 unspecified atom stereocenters. The van der Waals surface area contributed by atoms with Crippen LogP contribution in [0.1, 0.15) is 53.5 Å². The number of nitrogens with one attached hydrogen (secondary N) is 2. The van der Waals surface area contributed by atoms with Gasteiger partial charge in [-0.15, -0.1) is 0 Å². The van der Waals surface area contributed by atoms with Crippen LogP contribution >= 0.6 is 11.6 Å². The summed E-state index contributed by atoms with van der Waals surface area (Å²) in [5, 5.41) is 7.71. The molecule has 4 aromatic rings. The van der Waals surface area contributed by atoms with Crippen LogP contribution in [-0.4, -0.2) is 58.0 Å². The third kappa shape index (κ3) is 6.09. The van der Waals surface area contributed by atoms with Crippen LogP contribution in [0.4, 0.5) is 16.0 Å². The van der Waals surface area contributed by atoms with Crippen LogP contribution in [0.5, 0.6) is 0 Å². The Hall–Kier alpha value is -4.04.